The van der Waals surface area contributed by atoms with Gasteiger partial charge in [0.25, 0.3) is 0 Å². The van der Waals surface area contributed by atoms with Crippen LogP contribution in [0.25, 0.3) is 0 Å². The van der Waals surface area contributed by atoms with E-state index in [0.29, 0.717) is 16.5 Å². The van der Waals surface area contributed by atoms with Crippen LogP contribution >= 0.6 is 23.2 Å². The van der Waals surface area contributed by atoms with E-state index in [9.17, 15) is 9.59 Å². The SMILES string of the molecule is CN(C(=O)C(CC=O)Cc1ccc(Cl)c(Cl)c1)c1ccccc1. The molecule has 0 heterocycles. The number of hydrogen-bond acceptors (Lipinski definition) is 2. The van der Waals surface area contributed by atoms with Crippen LogP contribution in [0.1, 0.15) is 12.0 Å². The van der Waals surface area contributed by atoms with Crippen LogP contribution in [-0.2, 0) is 16.0 Å². The lowest BCUT2D eigenvalue weighted by molar-refractivity contribution is -0.124. The van der Waals surface area contributed by atoms with Gasteiger partial charge in [-0.3, -0.25) is 4.79 Å². The van der Waals surface area contributed by atoms with Crippen LogP contribution in [0, 0.1) is 5.92 Å². The first-order valence-electron chi connectivity index (χ1n) is 7.23. The lowest BCUT2D eigenvalue weighted by Crippen LogP contribution is -2.34. The highest BCUT2D eigenvalue weighted by Crippen LogP contribution is 2.25. The van der Waals surface area contributed by atoms with E-state index >= 15 is 0 Å². The summed E-state index contributed by atoms with van der Waals surface area (Å²) in [6, 6.07) is 14.6. The maximum absolute atomic E-state index is 12.7. The van der Waals surface area contributed by atoms with E-state index in [4.69, 9.17) is 23.2 Å². The fourth-order valence-electron chi connectivity index (χ4n) is 2.39. The molecular formula is C18H17Cl2NO2. The maximum atomic E-state index is 12.7. The average Bonchev–Trinajstić information content (AvgIpc) is 2.57. The molecule has 0 N–H and O–H groups in total. The van der Waals surface area contributed by atoms with Crippen molar-refractivity contribution in [3.8, 4) is 0 Å². The smallest absolute Gasteiger partial charge is 0.230 e. The number of carbonyl (C=O) groups excluding carboxylic acids is 2. The Kier molecular flexibility index (Phi) is 6.20. The second-order valence-electron chi connectivity index (χ2n) is 5.28. The molecule has 2 aromatic rings. The van der Waals surface area contributed by atoms with Gasteiger partial charge in [-0.1, -0.05) is 47.5 Å². The Balaban J connectivity index is 2.18. The minimum atomic E-state index is -0.435. The summed E-state index contributed by atoms with van der Waals surface area (Å²) in [4.78, 5) is 25.2. The molecule has 5 heteroatoms. The zero-order valence-corrected chi connectivity index (χ0v) is 14.2. The molecule has 2 rings (SSSR count). The van der Waals surface area contributed by atoms with E-state index in [1.807, 2.05) is 36.4 Å². The van der Waals surface area contributed by atoms with Crippen molar-refractivity contribution in [2.45, 2.75) is 12.8 Å². The summed E-state index contributed by atoms with van der Waals surface area (Å²) in [6.07, 6.45) is 1.38. The van der Waals surface area contributed by atoms with Crippen LogP contribution in [0.15, 0.2) is 48.5 Å². The van der Waals surface area contributed by atoms with E-state index in [1.54, 1.807) is 24.1 Å². The number of halogens is 2. The summed E-state index contributed by atoms with van der Waals surface area (Å²) in [5.74, 6) is -0.538. The first-order chi connectivity index (χ1) is 11.0. The van der Waals surface area contributed by atoms with Crippen LogP contribution in [-0.4, -0.2) is 19.2 Å². The third kappa shape index (κ3) is 4.57. The standard InChI is InChI=1S/C18H17Cl2NO2/c1-21(15-5-3-2-4-6-15)18(23)14(9-10-22)11-13-7-8-16(19)17(20)12-13/h2-8,10,12,14H,9,11H2,1H3. The van der Waals surface area contributed by atoms with E-state index in [-0.39, 0.29) is 12.3 Å². The molecule has 0 saturated heterocycles. The van der Waals surface area contributed by atoms with Crippen molar-refractivity contribution >= 4 is 41.1 Å². The fraction of sp³-hybridized carbons (Fsp3) is 0.222. The minimum absolute atomic E-state index is 0.102. The molecule has 2 aromatic carbocycles. The molecule has 1 atom stereocenters. The van der Waals surface area contributed by atoms with Gasteiger partial charge in [0.05, 0.1) is 10.0 Å². The number of rotatable bonds is 6. The second kappa shape index (κ2) is 8.14. The molecule has 0 aliphatic carbocycles. The van der Waals surface area contributed by atoms with Gasteiger partial charge in [-0.2, -0.15) is 0 Å². The van der Waals surface area contributed by atoms with Gasteiger partial charge in [0, 0.05) is 25.1 Å². The van der Waals surface area contributed by atoms with Gasteiger partial charge in [-0.25, -0.2) is 0 Å². The summed E-state index contributed by atoms with van der Waals surface area (Å²) in [6.45, 7) is 0. The quantitative estimate of drug-likeness (QED) is 0.724. The Morgan fingerprint density at radius 2 is 1.83 bits per heavy atom. The van der Waals surface area contributed by atoms with Gasteiger partial charge in [0.1, 0.15) is 6.29 Å². The summed E-state index contributed by atoms with van der Waals surface area (Å²) in [5, 5.41) is 0.910. The lowest BCUT2D eigenvalue weighted by Gasteiger charge is -2.23. The second-order valence-corrected chi connectivity index (χ2v) is 6.10. The van der Waals surface area contributed by atoms with Gasteiger partial charge < -0.3 is 9.69 Å². The highest BCUT2D eigenvalue weighted by Gasteiger charge is 2.23. The van der Waals surface area contributed by atoms with Gasteiger partial charge in [-0.05, 0) is 36.2 Å². The number of carbonyl (C=O) groups is 2. The number of aldehydes is 1. The van der Waals surface area contributed by atoms with Gasteiger partial charge in [0.15, 0.2) is 0 Å². The van der Waals surface area contributed by atoms with Gasteiger partial charge >= 0.3 is 0 Å². The first-order valence-corrected chi connectivity index (χ1v) is 7.98. The molecule has 0 aliphatic rings. The molecule has 0 aliphatic heterocycles. The van der Waals surface area contributed by atoms with Crippen molar-refractivity contribution in [2.24, 2.45) is 5.92 Å². The number of hydrogen-bond donors (Lipinski definition) is 0. The zero-order chi connectivity index (χ0) is 16.8. The topological polar surface area (TPSA) is 37.4 Å². The van der Waals surface area contributed by atoms with Crippen molar-refractivity contribution in [3.05, 3.63) is 64.1 Å². The largest absolute Gasteiger partial charge is 0.315 e. The summed E-state index contributed by atoms with van der Waals surface area (Å²) < 4.78 is 0. The highest BCUT2D eigenvalue weighted by molar-refractivity contribution is 6.42. The third-order valence-corrected chi connectivity index (χ3v) is 4.41. The molecule has 0 bridgehead atoms. The fourth-order valence-corrected chi connectivity index (χ4v) is 2.71. The molecule has 23 heavy (non-hydrogen) atoms. The van der Waals surface area contributed by atoms with E-state index < -0.39 is 5.92 Å². The number of amides is 1. The Labute approximate surface area is 145 Å². The monoisotopic (exact) mass is 349 g/mol. The van der Waals surface area contributed by atoms with Crippen LogP contribution in [0.3, 0.4) is 0 Å². The lowest BCUT2D eigenvalue weighted by atomic mass is 9.95. The molecule has 3 nitrogen and oxygen atoms in total. The van der Waals surface area contributed by atoms with Crippen molar-refractivity contribution in [2.75, 3.05) is 11.9 Å². The molecule has 0 radical (unpaired) electrons. The van der Waals surface area contributed by atoms with Crippen molar-refractivity contribution in [3.63, 3.8) is 0 Å². The van der Waals surface area contributed by atoms with Gasteiger partial charge in [0.2, 0.25) is 5.91 Å². The molecule has 120 valence electrons. The molecule has 1 amide bonds. The Bertz CT molecular complexity index is 689. The van der Waals surface area contributed by atoms with E-state index in [1.165, 1.54) is 0 Å². The summed E-state index contributed by atoms with van der Waals surface area (Å²) in [7, 11) is 1.71. The Morgan fingerprint density at radius 1 is 1.13 bits per heavy atom. The maximum Gasteiger partial charge on any atom is 0.230 e. The third-order valence-electron chi connectivity index (χ3n) is 3.67. The van der Waals surface area contributed by atoms with Crippen LogP contribution in [0.5, 0.6) is 0 Å². The average molecular weight is 350 g/mol. The Morgan fingerprint density at radius 3 is 2.43 bits per heavy atom. The first kappa shape index (κ1) is 17.5. The van der Waals surface area contributed by atoms with Crippen molar-refractivity contribution < 1.29 is 9.59 Å². The van der Waals surface area contributed by atoms with Crippen LogP contribution < -0.4 is 4.90 Å². The predicted molar refractivity (Wildman–Crippen MR) is 94.2 cm³/mol. The van der Waals surface area contributed by atoms with Crippen LogP contribution in [0.4, 0.5) is 5.69 Å². The summed E-state index contributed by atoms with van der Waals surface area (Å²) >= 11 is 11.9. The van der Waals surface area contributed by atoms with Gasteiger partial charge in [-0.15, -0.1) is 0 Å². The molecule has 0 aromatic heterocycles. The Hall–Kier alpha value is -1.84. The molecule has 0 saturated carbocycles. The normalized spacial score (nSPS) is 11.8. The number of nitrogens with zero attached hydrogens (tertiary/aromatic N) is 1. The molecular weight excluding hydrogens is 333 g/mol. The molecule has 0 fully saturated rings. The summed E-state index contributed by atoms with van der Waals surface area (Å²) in [5.41, 5.74) is 1.67. The van der Waals surface area contributed by atoms with E-state index in [0.717, 1.165) is 17.5 Å². The van der Waals surface area contributed by atoms with Crippen LogP contribution in [0.2, 0.25) is 10.0 Å². The number of benzene rings is 2. The minimum Gasteiger partial charge on any atom is -0.315 e. The van der Waals surface area contributed by atoms with E-state index in [2.05, 4.69) is 0 Å². The zero-order valence-electron chi connectivity index (χ0n) is 12.7. The molecule has 0 spiro atoms. The van der Waals surface area contributed by atoms with Crippen molar-refractivity contribution in [1.29, 1.82) is 0 Å². The highest BCUT2D eigenvalue weighted by atomic mass is 35.5. The van der Waals surface area contributed by atoms with Crippen molar-refractivity contribution in [1.82, 2.24) is 0 Å². The predicted octanol–water partition coefficient (Wildman–Crippen LogP) is 4.40. The molecule has 1 unspecified atom stereocenters. The number of anilines is 1. The number of para-hydroxylation sites is 1.